The predicted molar refractivity (Wildman–Crippen MR) is 113 cm³/mol. The van der Waals surface area contributed by atoms with E-state index in [-0.39, 0.29) is 12.0 Å². The van der Waals surface area contributed by atoms with E-state index in [1.54, 1.807) is 11.3 Å². The smallest absolute Gasteiger partial charge is 0.475 e. The number of nitrogens with zero attached hydrogens (tertiary/aromatic N) is 5. The van der Waals surface area contributed by atoms with Crippen LogP contribution in [0.3, 0.4) is 0 Å². The highest BCUT2D eigenvalue weighted by atomic mass is 32.1. The third kappa shape index (κ3) is 7.51. The zero-order valence-electron chi connectivity index (χ0n) is 17.8. The third-order valence-corrected chi connectivity index (χ3v) is 6.26. The van der Waals surface area contributed by atoms with E-state index in [9.17, 15) is 23.1 Å². The van der Waals surface area contributed by atoms with Gasteiger partial charge in [0.2, 0.25) is 0 Å². The summed E-state index contributed by atoms with van der Waals surface area (Å²) < 4.78 is 33.7. The summed E-state index contributed by atoms with van der Waals surface area (Å²) in [4.78, 5) is 25.5. The van der Waals surface area contributed by atoms with E-state index >= 15 is 0 Å². The number of likely N-dealkylation sites (tertiary alicyclic amines) is 2. The lowest BCUT2D eigenvalue weighted by molar-refractivity contribution is -0.192. The van der Waals surface area contributed by atoms with Crippen molar-refractivity contribution >= 4 is 23.2 Å². The van der Waals surface area contributed by atoms with Crippen LogP contribution < -0.4 is 0 Å². The van der Waals surface area contributed by atoms with Gasteiger partial charge in [0.25, 0.3) is 5.91 Å². The fourth-order valence-electron chi connectivity index (χ4n) is 3.84. The maximum Gasteiger partial charge on any atom is 0.490 e. The van der Waals surface area contributed by atoms with E-state index in [2.05, 4.69) is 15.2 Å². The first-order valence-corrected chi connectivity index (χ1v) is 11.5. The first-order chi connectivity index (χ1) is 15.6. The largest absolute Gasteiger partial charge is 0.490 e. The van der Waals surface area contributed by atoms with Gasteiger partial charge in [-0.2, -0.15) is 24.5 Å². The predicted octanol–water partition coefficient (Wildman–Crippen LogP) is 2.09. The van der Waals surface area contributed by atoms with Crippen molar-refractivity contribution in [3.05, 3.63) is 34.3 Å². The minimum absolute atomic E-state index is 0.153. The molecule has 0 unspecified atom stereocenters. The van der Waals surface area contributed by atoms with E-state index in [1.807, 2.05) is 32.6 Å². The molecule has 2 aromatic rings. The Hall–Kier alpha value is -2.51. The third-order valence-electron chi connectivity index (χ3n) is 5.58. The molecule has 0 aromatic carbocycles. The first-order valence-electron chi connectivity index (χ1n) is 10.5. The average Bonchev–Trinajstić information content (AvgIpc) is 3.51. The fraction of sp³-hybridized carbons (Fsp3) is 0.600. The zero-order chi connectivity index (χ0) is 24.0. The second kappa shape index (κ2) is 11.1. The molecule has 2 fully saturated rings. The van der Waals surface area contributed by atoms with Crippen LogP contribution >= 0.6 is 11.3 Å². The van der Waals surface area contributed by atoms with Gasteiger partial charge in [-0.15, -0.1) is 5.10 Å². The van der Waals surface area contributed by atoms with Crippen LogP contribution in [0.5, 0.6) is 0 Å². The lowest BCUT2D eigenvalue weighted by atomic mass is 9.96. The summed E-state index contributed by atoms with van der Waals surface area (Å²) in [7, 11) is 0. The number of carboxylic acids is 1. The fourth-order valence-corrected chi connectivity index (χ4v) is 4.47. The molecular formula is C20H26F3N5O4S. The van der Waals surface area contributed by atoms with E-state index in [1.165, 1.54) is 0 Å². The Morgan fingerprint density at radius 3 is 2.42 bits per heavy atom. The van der Waals surface area contributed by atoms with Gasteiger partial charge in [-0.05, 0) is 36.6 Å². The van der Waals surface area contributed by atoms with Crippen molar-refractivity contribution in [2.24, 2.45) is 5.92 Å². The minimum atomic E-state index is -5.08. The molecule has 0 bridgehead atoms. The zero-order valence-corrected chi connectivity index (χ0v) is 18.6. The molecular weight excluding hydrogens is 463 g/mol. The standard InChI is InChI=1S/C18H25N5O2S.C2HF3O2/c24-17-3-5-21(12-17)10-16-11-23(20-19-16)9-14-1-6-22(7-2-14)18(25)15-4-8-26-13-15;3-2(4,5)1(6)7/h4,8,11,13-14,17,24H,1-3,5-7,9-10,12H2;(H,6,7)/t17-;/m1./s1. The SMILES string of the molecule is O=C(O)C(F)(F)F.O=C(c1ccsc1)N1CCC(Cn2cc(CN3CC[C@@H](O)C3)nn2)CC1. The number of aliphatic hydroxyl groups is 1. The van der Waals surface area contributed by atoms with Gasteiger partial charge in [-0.3, -0.25) is 14.4 Å². The molecule has 2 aliphatic heterocycles. The van der Waals surface area contributed by atoms with E-state index in [0.717, 1.165) is 69.8 Å². The number of aliphatic carboxylic acids is 1. The Labute approximate surface area is 192 Å². The Morgan fingerprint density at radius 2 is 1.88 bits per heavy atom. The summed E-state index contributed by atoms with van der Waals surface area (Å²) in [6.45, 7) is 4.88. The Morgan fingerprint density at radius 1 is 1.18 bits per heavy atom. The molecule has 1 atom stereocenters. The summed E-state index contributed by atoms with van der Waals surface area (Å²) in [6, 6.07) is 1.90. The average molecular weight is 490 g/mol. The van der Waals surface area contributed by atoms with Crippen molar-refractivity contribution in [2.75, 3.05) is 26.2 Å². The number of hydrogen-bond acceptors (Lipinski definition) is 7. The topological polar surface area (TPSA) is 112 Å². The van der Waals surface area contributed by atoms with E-state index in [0.29, 0.717) is 5.92 Å². The molecule has 33 heavy (non-hydrogen) atoms. The lowest BCUT2D eigenvalue weighted by Gasteiger charge is -2.31. The highest BCUT2D eigenvalue weighted by Gasteiger charge is 2.38. The van der Waals surface area contributed by atoms with Crippen molar-refractivity contribution in [3.63, 3.8) is 0 Å². The van der Waals surface area contributed by atoms with Gasteiger partial charge in [-0.25, -0.2) is 4.79 Å². The Bertz CT molecular complexity index is 913. The van der Waals surface area contributed by atoms with Crippen molar-refractivity contribution in [1.29, 1.82) is 0 Å². The molecule has 4 rings (SSSR count). The van der Waals surface area contributed by atoms with Crippen LogP contribution in [-0.2, 0) is 17.9 Å². The van der Waals surface area contributed by atoms with Gasteiger partial charge in [0, 0.05) is 50.8 Å². The maximum atomic E-state index is 12.4. The number of carbonyl (C=O) groups is 2. The number of rotatable bonds is 5. The number of carboxylic acid groups (broad SMARTS) is 1. The van der Waals surface area contributed by atoms with Crippen LogP contribution in [0.4, 0.5) is 13.2 Å². The summed E-state index contributed by atoms with van der Waals surface area (Å²) >= 11 is 1.56. The number of amides is 1. The molecule has 2 N–H and O–H groups in total. The van der Waals surface area contributed by atoms with Crippen molar-refractivity contribution in [3.8, 4) is 0 Å². The summed E-state index contributed by atoms with van der Waals surface area (Å²) in [6.07, 6.45) is -0.413. The van der Waals surface area contributed by atoms with E-state index < -0.39 is 12.1 Å². The molecule has 2 aromatic heterocycles. The molecule has 2 saturated heterocycles. The van der Waals surface area contributed by atoms with Crippen LogP contribution in [0, 0.1) is 5.92 Å². The molecule has 0 aliphatic carbocycles. The number of hydrogen-bond donors (Lipinski definition) is 2. The number of piperidine rings is 1. The van der Waals surface area contributed by atoms with Crippen LogP contribution in [0.2, 0.25) is 0 Å². The molecule has 0 spiro atoms. The molecule has 1 amide bonds. The van der Waals surface area contributed by atoms with Gasteiger partial charge in [-0.1, -0.05) is 5.21 Å². The van der Waals surface area contributed by atoms with Crippen LogP contribution in [-0.4, -0.2) is 85.3 Å². The Balaban J connectivity index is 0.000000383. The van der Waals surface area contributed by atoms with Gasteiger partial charge in [0.05, 0.1) is 17.4 Å². The summed E-state index contributed by atoms with van der Waals surface area (Å²) in [5.74, 6) is -2.07. The molecule has 9 nitrogen and oxygen atoms in total. The summed E-state index contributed by atoms with van der Waals surface area (Å²) in [5.41, 5.74) is 1.77. The molecule has 4 heterocycles. The van der Waals surface area contributed by atoms with Gasteiger partial charge in [0.15, 0.2) is 0 Å². The number of thiophene rings is 1. The van der Waals surface area contributed by atoms with Crippen LogP contribution in [0.1, 0.15) is 35.3 Å². The van der Waals surface area contributed by atoms with Crippen molar-refractivity contribution in [1.82, 2.24) is 24.8 Å². The molecule has 13 heteroatoms. The molecule has 0 saturated carbocycles. The number of alkyl halides is 3. The lowest BCUT2D eigenvalue weighted by Crippen LogP contribution is -2.39. The molecule has 182 valence electrons. The monoisotopic (exact) mass is 489 g/mol. The number of carbonyl (C=O) groups excluding carboxylic acids is 1. The number of aromatic nitrogens is 3. The molecule has 2 aliphatic rings. The van der Waals surface area contributed by atoms with Gasteiger partial charge in [0.1, 0.15) is 0 Å². The number of aliphatic hydroxyl groups excluding tert-OH is 1. The molecule has 0 radical (unpaired) electrons. The van der Waals surface area contributed by atoms with E-state index in [4.69, 9.17) is 9.90 Å². The van der Waals surface area contributed by atoms with Crippen molar-refractivity contribution < 1.29 is 33.0 Å². The number of halogens is 3. The quantitative estimate of drug-likeness (QED) is 0.662. The summed E-state index contributed by atoms with van der Waals surface area (Å²) in [5, 5.41) is 29.1. The second-order valence-corrected chi connectivity index (χ2v) is 8.94. The van der Waals surface area contributed by atoms with Gasteiger partial charge >= 0.3 is 12.1 Å². The normalized spacial score (nSPS) is 19.9. The highest BCUT2D eigenvalue weighted by Crippen LogP contribution is 2.21. The van der Waals surface area contributed by atoms with Crippen LogP contribution in [0.15, 0.2) is 23.0 Å². The number of β-amino-alcohol motifs (C(OH)–C–C–N with tert-alkyl or cyclic N) is 1. The maximum absolute atomic E-state index is 12.4. The first kappa shape index (κ1) is 25.1. The van der Waals surface area contributed by atoms with Crippen LogP contribution in [0.25, 0.3) is 0 Å². The Kier molecular flexibility index (Phi) is 8.43. The second-order valence-electron chi connectivity index (χ2n) is 8.16. The van der Waals surface area contributed by atoms with Gasteiger partial charge < -0.3 is 15.1 Å². The minimum Gasteiger partial charge on any atom is -0.475 e. The van der Waals surface area contributed by atoms with Crippen molar-refractivity contribution in [2.45, 2.75) is 44.6 Å². The highest BCUT2D eigenvalue weighted by molar-refractivity contribution is 7.08.